The topological polar surface area (TPSA) is 72.7 Å². The van der Waals surface area contributed by atoms with E-state index in [1.807, 2.05) is 0 Å². The van der Waals surface area contributed by atoms with Gasteiger partial charge in [0.25, 0.3) is 0 Å². The van der Waals surface area contributed by atoms with E-state index in [-0.39, 0.29) is 12.3 Å². The number of anilines is 1. The van der Waals surface area contributed by atoms with Gasteiger partial charge in [0.05, 0.1) is 35.5 Å². The SMILES string of the molecule is COC(=O)c1ccccc1NC(=O)Cc1cn2cc(Cl)ccc2n1. The van der Waals surface area contributed by atoms with Crippen molar-refractivity contribution in [3.05, 3.63) is 65.1 Å². The van der Waals surface area contributed by atoms with Crippen LogP contribution in [0.3, 0.4) is 0 Å². The zero-order valence-corrected chi connectivity index (χ0v) is 13.6. The molecule has 0 bridgehead atoms. The summed E-state index contributed by atoms with van der Waals surface area (Å²) in [5, 5.41) is 3.30. The number of carbonyl (C=O) groups is 2. The normalized spacial score (nSPS) is 10.6. The number of methoxy groups -OCH3 is 1. The minimum absolute atomic E-state index is 0.0782. The fourth-order valence-corrected chi connectivity index (χ4v) is 2.51. The molecule has 1 amide bonds. The molecule has 0 aliphatic heterocycles. The van der Waals surface area contributed by atoms with Gasteiger partial charge >= 0.3 is 5.97 Å². The van der Waals surface area contributed by atoms with Crippen LogP contribution in [0, 0.1) is 0 Å². The van der Waals surface area contributed by atoms with Crippen LogP contribution >= 0.6 is 11.6 Å². The van der Waals surface area contributed by atoms with E-state index in [9.17, 15) is 9.59 Å². The van der Waals surface area contributed by atoms with Gasteiger partial charge in [0.2, 0.25) is 5.91 Å². The van der Waals surface area contributed by atoms with Gasteiger partial charge in [-0.1, -0.05) is 23.7 Å². The quantitative estimate of drug-likeness (QED) is 0.739. The number of aromatic nitrogens is 2. The van der Waals surface area contributed by atoms with E-state index < -0.39 is 5.97 Å². The van der Waals surface area contributed by atoms with Gasteiger partial charge in [-0.2, -0.15) is 0 Å². The van der Waals surface area contributed by atoms with Crippen LogP contribution < -0.4 is 5.32 Å². The zero-order valence-electron chi connectivity index (χ0n) is 12.8. The minimum Gasteiger partial charge on any atom is -0.465 e. The number of halogens is 1. The van der Waals surface area contributed by atoms with Crippen LogP contribution in [0.4, 0.5) is 5.69 Å². The van der Waals surface area contributed by atoms with Crippen molar-refractivity contribution in [2.24, 2.45) is 0 Å². The molecule has 0 fully saturated rings. The summed E-state index contributed by atoms with van der Waals surface area (Å²) in [7, 11) is 1.29. The largest absolute Gasteiger partial charge is 0.465 e. The van der Waals surface area contributed by atoms with Crippen molar-refractivity contribution in [1.82, 2.24) is 9.38 Å². The lowest BCUT2D eigenvalue weighted by atomic mass is 10.1. The predicted molar refractivity (Wildman–Crippen MR) is 90.3 cm³/mol. The maximum absolute atomic E-state index is 12.3. The Morgan fingerprint density at radius 3 is 2.79 bits per heavy atom. The lowest BCUT2D eigenvalue weighted by Gasteiger charge is -2.08. The maximum Gasteiger partial charge on any atom is 0.339 e. The Bertz CT molecular complexity index is 920. The molecule has 3 rings (SSSR count). The first-order valence-corrected chi connectivity index (χ1v) is 7.55. The van der Waals surface area contributed by atoms with Crippen molar-refractivity contribution in [1.29, 1.82) is 0 Å². The fraction of sp³-hybridized carbons (Fsp3) is 0.118. The molecule has 7 heteroatoms. The van der Waals surface area contributed by atoms with E-state index in [2.05, 4.69) is 10.3 Å². The van der Waals surface area contributed by atoms with E-state index in [0.717, 1.165) is 0 Å². The van der Waals surface area contributed by atoms with Gasteiger partial charge in [0.15, 0.2) is 0 Å². The summed E-state index contributed by atoms with van der Waals surface area (Å²) in [5.74, 6) is -0.783. The number of carbonyl (C=O) groups excluding carboxylic acids is 2. The molecule has 1 aromatic carbocycles. The van der Waals surface area contributed by atoms with Crippen LogP contribution in [0.2, 0.25) is 5.02 Å². The van der Waals surface area contributed by atoms with Crippen molar-refractivity contribution < 1.29 is 14.3 Å². The molecule has 2 heterocycles. The number of amides is 1. The summed E-state index contributed by atoms with van der Waals surface area (Å²) in [6, 6.07) is 10.2. The number of para-hydroxylation sites is 1. The van der Waals surface area contributed by atoms with Crippen molar-refractivity contribution in [3.8, 4) is 0 Å². The molecule has 3 aromatic rings. The third kappa shape index (κ3) is 3.38. The Labute approximate surface area is 143 Å². The standard InChI is InChI=1S/C17H14ClN3O3/c1-24-17(23)13-4-2-3-5-14(13)20-16(22)8-12-10-21-9-11(18)6-7-15(21)19-12/h2-7,9-10H,8H2,1H3,(H,20,22). The summed E-state index contributed by atoms with van der Waals surface area (Å²) in [4.78, 5) is 28.3. The Balaban J connectivity index is 1.77. The number of imidazole rings is 1. The lowest BCUT2D eigenvalue weighted by molar-refractivity contribution is -0.115. The van der Waals surface area contributed by atoms with Crippen LogP contribution in [-0.2, 0) is 16.0 Å². The predicted octanol–water partition coefficient (Wildman–Crippen LogP) is 2.96. The molecule has 24 heavy (non-hydrogen) atoms. The first-order chi connectivity index (χ1) is 11.6. The molecule has 0 saturated carbocycles. The number of hydrogen-bond donors (Lipinski definition) is 1. The molecule has 6 nitrogen and oxygen atoms in total. The van der Waals surface area contributed by atoms with Crippen molar-refractivity contribution in [2.75, 3.05) is 12.4 Å². The van der Waals surface area contributed by atoms with Crippen LogP contribution in [-0.4, -0.2) is 28.4 Å². The molecule has 0 unspecified atom stereocenters. The summed E-state index contributed by atoms with van der Waals surface area (Å²) < 4.78 is 6.47. The second-order valence-corrected chi connectivity index (χ2v) is 5.54. The van der Waals surface area contributed by atoms with Gasteiger partial charge in [-0.3, -0.25) is 4.79 Å². The average molecular weight is 344 g/mol. The highest BCUT2D eigenvalue weighted by Gasteiger charge is 2.14. The van der Waals surface area contributed by atoms with Gasteiger partial charge in [-0.05, 0) is 24.3 Å². The van der Waals surface area contributed by atoms with E-state index in [1.165, 1.54) is 7.11 Å². The second kappa shape index (κ2) is 6.72. The number of hydrogen-bond acceptors (Lipinski definition) is 4. The molecule has 0 spiro atoms. The molecule has 0 radical (unpaired) electrons. The number of pyridine rings is 1. The lowest BCUT2D eigenvalue weighted by Crippen LogP contribution is -2.17. The number of nitrogens with one attached hydrogen (secondary N) is 1. The maximum atomic E-state index is 12.3. The van der Waals surface area contributed by atoms with Gasteiger partial charge in [-0.15, -0.1) is 0 Å². The molecule has 0 saturated heterocycles. The highest BCUT2D eigenvalue weighted by atomic mass is 35.5. The summed E-state index contributed by atoms with van der Waals surface area (Å²) in [6.45, 7) is 0. The number of rotatable bonds is 4. The summed E-state index contributed by atoms with van der Waals surface area (Å²) in [5.41, 5.74) is 2.01. The van der Waals surface area contributed by atoms with E-state index in [1.54, 1.807) is 53.2 Å². The van der Waals surface area contributed by atoms with Gasteiger partial charge in [0.1, 0.15) is 5.65 Å². The Hall–Kier alpha value is -2.86. The first-order valence-electron chi connectivity index (χ1n) is 7.17. The van der Waals surface area contributed by atoms with Crippen LogP contribution in [0.25, 0.3) is 5.65 Å². The van der Waals surface area contributed by atoms with Crippen LogP contribution in [0.1, 0.15) is 16.1 Å². The zero-order chi connectivity index (χ0) is 17.1. The van der Waals surface area contributed by atoms with E-state index >= 15 is 0 Å². The van der Waals surface area contributed by atoms with Crippen molar-refractivity contribution >= 4 is 34.8 Å². The monoisotopic (exact) mass is 343 g/mol. The molecular formula is C17H14ClN3O3. The number of esters is 1. The number of fused-ring (bicyclic) bond motifs is 1. The second-order valence-electron chi connectivity index (χ2n) is 5.11. The molecule has 0 aliphatic carbocycles. The number of benzene rings is 1. The number of ether oxygens (including phenoxy) is 1. The molecule has 2 aromatic heterocycles. The van der Waals surface area contributed by atoms with Gasteiger partial charge < -0.3 is 14.5 Å². The molecule has 122 valence electrons. The Kier molecular flexibility index (Phi) is 4.48. The summed E-state index contributed by atoms with van der Waals surface area (Å²) in [6.07, 6.45) is 3.54. The summed E-state index contributed by atoms with van der Waals surface area (Å²) >= 11 is 5.93. The van der Waals surface area contributed by atoms with Crippen molar-refractivity contribution in [2.45, 2.75) is 6.42 Å². The average Bonchev–Trinajstić information content (AvgIpc) is 2.95. The number of nitrogens with zero attached hydrogens (tertiary/aromatic N) is 2. The smallest absolute Gasteiger partial charge is 0.339 e. The van der Waals surface area contributed by atoms with E-state index in [4.69, 9.17) is 16.3 Å². The highest BCUT2D eigenvalue weighted by molar-refractivity contribution is 6.30. The molecule has 1 N–H and O–H groups in total. The third-order valence-corrected chi connectivity index (χ3v) is 3.64. The Morgan fingerprint density at radius 2 is 2.00 bits per heavy atom. The third-order valence-electron chi connectivity index (χ3n) is 3.41. The molecule has 0 aliphatic rings. The molecule has 0 atom stereocenters. The highest BCUT2D eigenvalue weighted by Crippen LogP contribution is 2.17. The fourth-order valence-electron chi connectivity index (χ4n) is 2.34. The van der Waals surface area contributed by atoms with Crippen LogP contribution in [0.15, 0.2) is 48.8 Å². The van der Waals surface area contributed by atoms with Crippen molar-refractivity contribution in [3.63, 3.8) is 0 Å². The van der Waals surface area contributed by atoms with Crippen LogP contribution in [0.5, 0.6) is 0 Å². The first kappa shape index (κ1) is 16.0. The van der Waals surface area contributed by atoms with Gasteiger partial charge in [-0.25, -0.2) is 9.78 Å². The van der Waals surface area contributed by atoms with E-state index in [0.29, 0.717) is 27.6 Å². The van der Waals surface area contributed by atoms with Gasteiger partial charge in [0, 0.05) is 12.4 Å². The minimum atomic E-state index is -0.506. The Morgan fingerprint density at radius 1 is 1.21 bits per heavy atom. The molecular weight excluding hydrogens is 330 g/mol.